The molecule has 21 heavy (non-hydrogen) atoms. The van der Waals surface area contributed by atoms with Gasteiger partial charge in [0.25, 0.3) is 0 Å². The minimum Gasteiger partial charge on any atom is -0.481 e. The topological polar surface area (TPSA) is 69.6 Å². The fourth-order valence-electron chi connectivity index (χ4n) is 2.58. The molecular formula is C16H30N2O3. The molecule has 0 unspecified atom stereocenters. The van der Waals surface area contributed by atoms with Gasteiger partial charge >= 0.3 is 5.97 Å². The molecule has 0 radical (unpaired) electrons. The smallest absolute Gasteiger partial charge is 0.310 e. The van der Waals surface area contributed by atoms with Crippen LogP contribution in [0.1, 0.15) is 59.8 Å². The van der Waals surface area contributed by atoms with E-state index < -0.39 is 16.9 Å². The number of rotatable bonds is 6. The first kappa shape index (κ1) is 18.0. The summed E-state index contributed by atoms with van der Waals surface area (Å²) >= 11 is 0. The van der Waals surface area contributed by atoms with E-state index >= 15 is 0 Å². The highest BCUT2D eigenvalue weighted by atomic mass is 16.4. The van der Waals surface area contributed by atoms with Gasteiger partial charge < -0.3 is 15.3 Å². The molecule has 122 valence electrons. The normalized spacial score (nSPS) is 17.6. The molecule has 0 atom stereocenters. The predicted octanol–water partition coefficient (Wildman–Crippen LogP) is 2.26. The minimum atomic E-state index is -0.948. The first-order valence-electron chi connectivity index (χ1n) is 7.83. The van der Waals surface area contributed by atoms with E-state index in [9.17, 15) is 14.7 Å². The maximum Gasteiger partial charge on any atom is 0.310 e. The van der Waals surface area contributed by atoms with Gasteiger partial charge in [-0.25, -0.2) is 0 Å². The number of hydrogen-bond acceptors (Lipinski definition) is 3. The van der Waals surface area contributed by atoms with Crippen molar-refractivity contribution in [1.29, 1.82) is 0 Å². The van der Waals surface area contributed by atoms with E-state index in [0.29, 0.717) is 6.04 Å². The van der Waals surface area contributed by atoms with E-state index in [4.69, 9.17) is 0 Å². The van der Waals surface area contributed by atoms with Crippen molar-refractivity contribution < 1.29 is 14.7 Å². The average Bonchev–Trinajstić information content (AvgIpc) is 2.44. The number of nitrogens with one attached hydrogen (secondary N) is 1. The van der Waals surface area contributed by atoms with E-state index in [1.54, 1.807) is 13.8 Å². The number of carboxylic acids is 1. The molecule has 1 rings (SSSR count). The Morgan fingerprint density at radius 1 is 1.14 bits per heavy atom. The molecule has 1 fully saturated rings. The number of likely N-dealkylation sites (N-methyl/N-ethyl adjacent to an activating group) is 1. The number of carbonyl (C=O) groups is 2. The van der Waals surface area contributed by atoms with Gasteiger partial charge in [-0.3, -0.25) is 9.59 Å². The van der Waals surface area contributed by atoms with E-state index in [0.717, 1.165) is 12.8 Å². The zero-order valence-corrected chi connectivity index (χ0v) is 14.0. The molecule has 5 heteroatoms. The largest absolute Gasteiger partial charge is 0.481 e. The molecule has 0 aromatic heterocycles. The summed E-state index contributed by atoms with van der Waals surface area (Å²) in [6, 6.07) is 0.337. The van der Waals surface area contributed by atoms with Crippen molar-refractivity contribution in [3.8, 4) is 0 Å². The lowest BCUT2D eigenvalue weighted by Crippen LogP contribution is -2.57. The highest BCUT2D eigenvalue weighted by Crippen LogP contribution is 2.30. The monoisotopic (exact) mass is 298 g/mol. The first-order chi connectivity index (χ1) is 9.59. The molecule has 1 aliphatic carbocycles. The minimum absolute atomic E-state index is 0.0381. The van der Waals surface area contributed by atoms with Gasteiger partial charge in [0.2, 0.25) is 5.91 Å². The maximum absolute atomic E-state index is 12.3. The van der Waals surface area contributed by atoms with Crippen molar-refractivity contribution in [2.45, 2.75) is 71.4 Å². The second kappa shape index (κ2) is 6.77. The zero-order valence-electron chi connectivity index (χ0n) is 14.0. The third-order valence-electron chi connectivity index (χ3n) is 5.29. The van der Waals surface area contributed by atoms with Gasteiger partial charge in [-0.15, -0.1) is 0 Å². The molecule has 5 nitrogen and oxygen atoms in total. The van der Waals surface area contributed by atoms with Crippen LogP contribution in [0.4, 0.5) is 0 Å². The lowest BCUT2D eigenvalue weighted by atomic mass is 9.74. The summed E-state index contributed by atoms with van der Waals surface area (Å²) in [7, 11) is 1.86. The van der Waals surface area contributed by atoms with Crippen molar-refractivity contribution >= 4 is 11.9 Å². The number of nitrogens with zero attached hydrogens (tertiary/aromatic N) is 1. The summed E-state index contributed by atoms with van der Waals surface area (Å²) in [5.41, 5.74) is -1.61. The average molecular weight is 298 g/mol. The van der Waals surface area contributed by atoms with Crippen LogP contribution in [0.2, 0.25) is 0 Å². The molecule has 2 N–H and O–H groups in total. The van der Waals surface area contributed by atoms with E-state index in [-0.39, 0.29) is 12.5 Å². The Bertz CT molecular complexity index is 385. The van der Waals surface area contributed by atoms with Crippen LogP contribution >= 0.6 is 0 Å². The summed E-state index contributed by atoms with van der Waals surface area (Å²) in [6.45, 7) is 7.19. The maximum atomic E-state index is 12.3. The molecule has 0 heterocycles. The molecule has 0 aliphatic heterocycles. The van der Waals surface area contributed by atoms with Crippen LogP contribution in [0, 0.1) is 5.41 Å². The van der Waals surface area contributed by atoms with Crippen LogP contribution in [0.25, 0.3) is 0 Å². The molecule has 0 spiro atoms. The number of hydrogen-bond donors (Lipinski definition) is 2. The Kier molecular flexibility index (Phi) is 5.79. The van der Waals surface area contributed by atoms with Crippen LogP contribution < -0.4 is 5.32 Å². The van der Waals surface area contributed by atoms with Gasteiger partial charge in [0.1, 0.15) is 0 Å². The second-order valence-electron chi connectivity index (χ2n) is 7.21. The van der Waals surface area contributed by atoms with Gasteiger partial charge in [0.05, 0.1) is 12.0 Å². The first-order valence-corrected chi connectivity index (χ1v) is 7.83. The lowest BCUT2D eigenvalue weighted by Gasteiger charge is -2.39. The van der Waals surface area contributed by atoms with Crippen molar-refractivity contribution in [3.63, 3.8) is 0 Å². The van der Waals surface area contributed by atoms with Gasteiger partial charge in [-0.1, -0.05) is 19.3 Å². The third kappa shape index (κ3) is 4.19. The van der Waals surface area contributed by atoms with Gasteiger partial charge in [0.15, 0.2) is 0 Å². The Balaban J connectivity index is 2.57. The number of amides is 1. The molecule has 0 saturated heterocycles. The fourth-order valence-corrected chi connectivity index (χ4v) is 2.58. The fraction of sp³-hybridized carbons (Fsp3) is 0.875. The number of carbonyl (C=O) groups excluding carboxylic acids is 1. The van der Waals surface area contributed by atoms with Gasteiger partial charge in [-0.2, -0.15) is 0 Å². The van der Waals surface area contributed by atoms with Gasteiger partial charge in [-0.05, 0) is 40.5 Å². The molecule has 0 bridgehead atoms. The van der Waals surface area contributed by atoms with Crippen molar-refractivity contribution in [1.82, 2.24) is 10.2 Å². The molecule has 0 aromatic rings. The zero-order chi connectivity index (χ0) is 16.3. The van der Waals surface area contributed by atoms with Crippen LogP contribution in [0.3, 0.4) is 0 Å². The van der Waals surface area contributed by atoms with Crippen LogP contribution in [-0.4, -0.2) is 47.1 Å². The Labute approximate surface area is 128 Å². The van der Waals surface area contributed by atoms with E-state index in [1.807, 2.05) is 25.8 Å². The number of aliphatic carboxylic acids is 1. The number of carboxylic acid groups (broad SMARTS) is 1. The molecule has 1 amide bonds. The Hall–Kier alpha value is -1.10. The summed E-state index contributed by atoms with van der Waals surface area (Å²) < 4.78 is 0. The van der Waals surface area contributed by atoms with Crippen molar-refractivity contribution in [2.75, 3.05) is 13.6 Å². The van der Waals surface area contributed by atoms with E-state index in [1.165, 1.54) is 19.3 Å². The molecular weight excluding hydrogens is 268 g/mol. The highest BCUT2D eigenvalue weighted by molar-refractivity contribution is 5.79. The van der Waals surface area contributed by atoms with Crippen LogP contribution in [-0.2, 0) is 9.59 Å². The third-order valence-corrected chi connectivity index (χ3v) is 5.29. The van der Waals surface area contributed by atoms with Gasteiger partial charge in [0, 0.05) is 18.6 Å². The van der Waals surface area contributed by atoms with Crippen LogP contribution in [0.5, 0.6) is 0 Å². The summed E-state index contributed by atoms with van der Waals surface area (Å²) in [6.07, 6.45) is 5.79. The molecule has 1 saturated carbocycles. The standard InChI is InChI=1S/C16H30N2O3/c1-15(2,14(20)21)16(3,4)17-11-13(19)18(5)12-9-7-6-8-10-12/h12,17H,6-11H2,1-5H3,(H,20,21). The quantitative estimate of drug-likeness (QED) is 0.789. The summed E-state index contributed by atoms with van der Waals surface area (Å²) in [5.74, 6) is -0.829. The predicted molar refractivity (Wildman–Crippen MR) is 83.1 cm³/mol. The highest BCUT2D eigenvalue weighted by Gasteiger charge is 2.43. The van der Waals surface area contributed by atoms with Crippen LogP contribution in [0.15, 0.2) is 0 Å². The van der Waals surface area contributed by atoms with E-state index in [2.05, 4.69) is 5.32 Å². The lowest BCUT2D eigenvalue weighted by molar-refractivity contribution is -0.151. The second-order valence-corrected chi connectivity index (χ2v) is 7.21. The Morgan fingerprint density at radius 2 is 1.67 bits per heavy atom. The SMILES string of the molecule is CN(C(=O)CNC(C)(C)C(C)(C)C(=O)O)C1CCCCC1. The molecule has 1 aliphatic rings. The Morgan fingerprint density at radius 3 is 2.14 bits per heavy atom. The van der Waals surface area contributed by atoms with Crippen molar-refractivity contribution in [3.05, 3.63) is 0 Å². The van der Waals surface area contributed by atoms with Crippen molar-refractivity contribution in [2.24, 2.45) is 5.41 Å². The summed E-state index contributed by atoms with van der Waals surface area (Å²) in [4.78, 5) is 25.5. The summed E-state index contributed by atoms with van der Waals surface area (Å²) in [5, 5.41) is 12.4. The molecule has 0 aromatic carbocycles.